The van der Waals surface area contributed by atoms with Gasteiger partial charge >= 0.3 is 0 Å². The highest BCUT2D eigenvalue weighted by Crippen LogP contribution is 2.56. The fourth-order valence-electron chi connectivity index (χ4n) is 7.16. The van der Waals surface area contributed by atoms with Crippen molar-refractivity contribution < 1.29 is 0 Å². The lowest BCUT2D eigenvalue weighted by Crippen LogP contribution is -2.28. The van der Waals surface area contributed by atoms with Gasteiger partial charge in [0.25, 0.3) is 0 Å². The van der Waals surface area contributed by atoms with Crippen LogP contribution in [-0.4, -0.2) is 0 Å². The SMILES string of the molecule is Clc1cccc(N(c2cccc(C3(c4ccccc4)c4ccccc4-c4ccccc43)c2)c2ccccc2-c2ccccc2)c1. The van der Waals surface area contributed by atoms with Crippen molar-refractivity contribution in [3.63, 3.8) is 0 Å². The highest BCUT2D eigenvalue weighted by molar-refractivity contribution is 6.30. The standard InChI is InChI=1S/C43H30ClN/c44-34-20-14-22-36(30-34)45(42-28-12-9-23-37(42)31-15-3-1-4-16-31)35-21-13-19-33(29-35)43(32-17-5-2-6-18-32)40-26-10-7-24-38(40)39-25-8-11-27-41(39)43/h1-30H. The molecule has 0 saturated heterocycles. The van der Waals surface area contributed by atoms with E-state index >= 15 is 0 Å². The molecule has 7 aromatic rings. The lowest BCUT2D eigenvalue weighted by molar-refractivity contribution is 0.768. The Hall–Kier alpha value is -5.37. The third-order valence-electron chi connectivity index (χ3n) is 8.99. The highest BCUT2D eigenvalue weighted by atomic mass is 35.5. The van der Waals surface area contributed by atoms with Gasteiger partial charge in [0.2, 0.25) is 0 Å². The van der Waals surface area contributed by atoms with Gasteiger partial charge in [-0.25, -0.2) is 0 Å². The summed E-state index contributed by atoms with van der Waals surface area (Å²) in [5, 5.41) is 0.699. The number of para-hydroxylation sites is 1. The van der Waals surface area contributed by atoms with Crippen LogP contribution in [0.2, 0.25) is 5.02 Å². The Bertz CT molecular complexity index is 2090. The number of rotatable bonds is 6. The molecule has 214 valence electrons. The minimum atomic E-state index is -0.483. The Balaban J connectivity index is 1.41. The average molecular weight is 596 g/mol. The van der Waals surface area contributed by atoms with Gasteiger partial charge < -0.3 is 4.90 Å². The molecule has 0 saturated carbocycles. The summed E-state index contributed by atoms with van der Waals surface area (Å²) in [6, 6.07) is 65.1. The van der Waals surface area contributed by atoms with Crippen molar-refractivity contribution in [2.24, 2.45) is 0 Å². The van der Waals surface area contributed by atoms with Gasteiger partial charge in [0.05, 0.1) is 11.1 Å². The van der Waals surface area contributed by atoms with Crippen LogP contribution in [0.3, 0.4) is 0 Å². The molecule has 0 N–H and O–H groups in total. The maximum Gasteiger partial charge on any atom is 0.0714 e. The third kappa shape index (κ3) is 4.47. The van der Waals surface area contributed by atoms with Crippen molar-refractivity contribution in [2.75, 3.05) is 4.90 Å². The summed E-state index contributed by atoms with van der Waals surface area (Å²) >= 11 is 6.64. The van der Waals surface area contributed by atoms with E-state index in [9.17, 15) is 0 Å². The average Bonchev–Trinajstić information content (AvgIpc) is 3.41. The lowest BCUT2D eigenvalue weighted by atomic mass is 9.67. The molecule has 1 nitrogen and oxygen atoms in total. The van der Waals surface area contributed by atoms with Gasteiger partial charge in [-0.3, -0.25) is 0 Å². The second kappa shape index (κ2) is 11.3. The molecule has 0 heterocycles. The van der Waals surface area contributed by atoms with Crippen LogP contribution >= 0.6 is 11.6 Å². The number of benzene rings is 7. The Morgan fingerprint density at radius 3 is 1.58 bits per heavy atom. The Morgan fingerprint density at radius 2 is 0.911 bits per heavy atom. The first-order valence-corrected chi connectivity index (χ1v) is 15.7. The molecular formula is C43H30ClN. The minimum absolute atomic E-state index is 0.483. The van der Waals surface area contributed by atoms with E-state index in [1.807, 2.05) is 18.2 Å². The third-order valence-corrected chi connectivity index (χ3v) is 9.23. The molecule has 2 heteroatoms. The van der Waals surface area contributed by atoms with Crippen LogP contribution in [0.4, 0.5) is 17.1 Å². The van der Waals surface area contributed by atoms with E-state index in [1.54, 1.807) is 0 Å². The fourth-order valence-corrected chi connectivity index (χ4v) is 7.35. The molecule has 0 spiro atoms. The van der Waals surface area contributed by atoms with Gasteiger partial charge in [-0.05, 0) is 75.3 Å². The van der Waals surface area contributed by atoms with Crippen LogP contribution in [0, 0.1) is 0 Å². The van der Waals surface area contributed by atoms with Crippen molar-refractivity contribution in [2.45, 2.75) is 5.41 Å². The van der Waals surface area contributed by atoms with E-state index in [2.05, 4.69) is 169 Å². The normalized spacial score (nSPS) is 12.7. The number of halogens is 1. The second-order valence-corrected chi connectivity index (χ2v) is 11.9. The summed E-state index contributed by atoms with van der Waals surface area (Å²) in [5.74, 6) is 0. The molecule has 0 unspecified atom stereocenters. The maximum atomic E-state index is 6.64. The van der Waals surface area contributed by atoms with Crippen molar-refractivity contribution in [3.8, 4) is 22.3 Å². The summed E-state index contributed by atoms with van der Waals surface area (Å²) in [4.78, 5) is 2.34. The predicted octanol–water partition coefficient (Wildman–Crippen LogP) is 11.8. The summed E-state index contributed by atoms with van der Waals surface area (Å²) in [7, 11) is 0. The molecule has 0 radical (unpaired) electrons. The number of fused-ring (bicyclic) bond motifs is 3. The Morgan fingerprint density at radius 1 is 0.400 bits per heavy atom. The quantitative estimate of drug-likeness (QED) is 0.185. The Kier molecular flexibility index (Phi) is 6.82. The summed E-state index contributed by atoms with van der Waals surface area (Å²) < 4.78 is 0. The first-order valence-electron chi connectivity index (χ1n) is 15.3. The molecule has 45 heavy (non-hydrogen) atoms. The number of hydrogen-bond donors (Lipinski definition) is 0. The molecular weight excluding hydrogens is 566 g/mol. The van der Waals surface area contributed by atoms with Gasteiger partial charge in [-0.15, -0.1) is 0 Å². The van der Waals surface area contributed by atoms with E-state index in [0.717, 1.165) is 28.2 Å². The molecule has 0 amide bonds. The highest BCUT2D eigenvalue weighted by Gasteiger charge is 2.46. The van der Waals surface area contributed by atoms with E-state index in [0.29, 0.717) is 5.02 Å². The number of hydrogen-bond acceptors (Lipinski definition) is 1. The zero-order chi connectivity index (χ0) is 30.2. The summed E-state index contributed by atoms with van der Waals surface area (Å²) in [6.45, 7) is 0. The van der Waals surface area contributed by atoms with Crippen molar-refractivity contribution in [3.05, 3.63) is 209 Å². The van der Waals surface area contributed by atoms with Crippen LogP contribution in [0.1, 0.15) is 22.3 Å². The van der Waals surface area contributed by atoms with Crippen molar-refractivity contribution >= 4 is 28.7 Å². The van der Waals surface area contributed by atoms with Crippen LogP contribution < -0.4 is 4.90 Å². The molecule has 1 aliphatic rings. The second-order valence-electron chi connectivity index (χ2n) is 11.5. The lowest BCUT2D eigenvalue weighted by Gasteiger charge is -2.35. The van der Waals surface area contributed by atoms with E-state index in [-0.39, 0.29) is 0 Å². The van der Waals surface area contributed by atoms with Gasteiger partial charge in [0.1, 0.15) is 0 Å². The zero-order valence-corrected chi connectivity index (χ0v) is 25.4. The van der Waals surface area contributed by atoms with Crippen molar-refractivity contribution in [1.29, 1.82) is 0 Å². The van der Waals surface area contributed by atoms with Gasteiger partial charge in [-0.2, -0.15) is 0 Å². The zero-order valence-electron chi connectivity index (χ0n) is 24.6. The molecule has 8 rings (SSSR count). The van der Waals surface area contributed by atoms with Gasteiger partial charge in [-0.1, -0.05) is 157 Å². The topological polar surface area (TPSA) is 3.24 Å². The molecule has 0 fully saturated rings. The first-order chi connectivity index (χ1) is 22.2. The summed E-state index contributed by atoms with van der Waals surface area (Å²) in [6.07, 6.45) is 0. The maximum absolute atomic E-state index is 6.64. The molecule has 1 aliphatic carbocycles. The molecule has 0 atom stereocenters. The van der Waals surface area contributed by atoms with Crippen LogP contribution in [0.5, 0.6) is 0 Å². The summed E-state index contributed by atoms with van der Waals surface area (Å²) in [5.41, 5.74) is 12.6. The number of anilines is 3. The van der Waals surface area contributed by atoms with Crippen molar-refractivity contribution in [1.82, 2.24) is 0 Å². The number of nitrogens with zero attached hydrogens (tertiary/aromatic N) is 1. The predicted molar refractivity (Wildman–Crippen MR) is 189 cm³/mol. The smallest absolute Gasteiger partial charge is 0.0714 e. The fraction of sp³-hybridized carbons (Fsp3) is 0.0233. The Labute approximate surface area is 269 Å². The monoisotopic (exact) mass is 595 g/mol. The van der Waals surface area contributed by atoms with E-state index in [1.165, 1.54) is 33.4 Å². The molecule has 0 aliphatic heterocycles. The van der Waals surface area contributed by atoms with E-state index < -0.39 is 5.41 Å². The minimum Gasteiger partial charge on any atom is -0.310 e. The van der Waals surface area contributed by atoms with Gasteiger partial charge in [0, 0.05) is 22.0 Å². The van der Waals surface area contributed by atoms with Crippen LogP contribution in [0.25, 0.3) is 22.3 Å². The van der Waals surface area contributed by atoms with Crippen LogP contribution in [-0.2, 0) is 5.41 Å². The first kappa shape index (κ1) is 27.2. The van der Waals surface area contributed by atoms with Gasteiger partial charge in [0.15, 0.2) is 0 Å². The molecule has 7 aromatic carbocycles. The molecule has 0 bridgehead atoms. The molecule has 0 aromatic heterocycles. The van der Waals surface area contributed by atoms with Crippen LogP contribution in [0.15, 0.2) is 182 Å². The van der Waals surface area contributed by atoms with E-state index in [4.69, 9.17) is 11.6 Å². The largest absolute Gasteiger partial charge is 0.310 e.